The lowest BCUT2D eigenvalue weighted by Crippen LogP contribution is -2.29. The van der Waals surface area contributed by atoms with Gasteiger partial charge in [0.1, 0.15) is 0 Å². The molecule has 0 spiro atoms. The fourth-order valence-corrected chi connectivity index (χ4v) is 4.84. The van der Waals surface area contributed by atoms with Crippen molar-refractivity contribution >= 4 is 16.8 Å². The maximum atomic E-state index is 12.8. The lowest BCUT2D eigenvalue weighted by atomic mass is 9.80. The van der Waals surface area contributed by atoms with Crippen LogP contribution in [0.1, 0.15) is 36.6 Å². The molecule has 2 aromatic rings. The van der Waals surface area contributed by atoms with Crippen molar-refractivity contribution in [3.05, 3.63) is 47.7 Å². The lowest BCUT2D eigenvalue weighted by Gasteiger charge is -2.27. The summed E-state index contributed by atoms with van der Waals surface area (Å²) in [4.78, 5) is 18.7. The molecule has 1 aliphatic carbocycles. The summed E-state index contributed by atoms with van der Waals surface area (Å²) in [5.74, 6) is 1.03. The van der Waals surface area contributed by atoms with E-state index in [0.717, 1.165) is 32.2 Å². The molecule has 3 nitrogen and oxygen atoms in total. The molecule has 5 rings (SSSR count). The molecule has 3 atom stereocenters. The number of amides is 1. The molecule has 112 valence electrons. The maximum Gasteiger partial charge on any atom is 0.226 e. The first kappa shape index (κ1) is 12.5. The number of aromatic nitrogens is 1. The van der Waals surface area contributed by atoms with E-state index in [2.05, 4.69) is 46.3 Å². The van der Waals surface area contributed by atoms with Crippen LogP contribution in [-0.2, 0) is 11.2 Å². The van der Waals surface area contributed by atoms with Gasteiger partial charge in [-0.05, 0) is 37.3 Å². The molecule has 1 fully saturated rings. The zero-order valence-corrected chi connectivity index (χ0v) is 12.6. The molecule has 1 aromatic carbocycles. The van der Waals surface area contributed by atoms with Gasteiger partial charge in [-0.2, -0.15) is 0 Å². The first-order valence-corrected chi connectivity index (χ1v) is 8.39. The number of nitrogens with one attached hydrogen (secondary N) is 1. The maximum absolute atomic E-state index is 12.8. The molecule has 0 bridgehead atoms. The van der Waals surface area contributed by atoms with Gasteiger partial charge in [-0.15, -0.1) is 0 Å². The van der Waals surface area contributed by atoms with Crippen molar-refractivity contribution in [2.24, 2.45) is 11.8 Å². The number of fused-ring (bicyclic) bond motifs is 7. The first-order valence-electron chi connectivity index (χ1n) is 8.39. The molecule has 3 heteroatoms. The van der Waals surface area contributed by atoms with E-state index in [4.69, 9.17) is 0 Å². The average molecular weight is 292 g/mol. The van der Waals surface area contributed by atoms with Crippen LogP contribution >= 0.6 is 0 Å². The lowest BCUT2D eigenvalue weighted by molar-refractivity contribution is -0.132. The van der Waals surface area contributed by atoms with Crippen molar-refractivity contribution in [2.45, 2.75) is 31.7 Å². The van der Waals surface area contributed by atoms with Crippen LogP contribution in [-0.4, -0.2) is 22.3 Å². The third-order valence-corrected chi connectivity index (χ3v) is 5.79. The van der Waals surface area contributed by atoms with Crippen molar-refractivity contribution in [3.63, 3.8) is 0 Å². The van der Waals surface area contributed by atoms with E-state index in [1.165, 1.54) is 22.2 Å². The summed E-state index contributed by atoms with van der Waals surface area (Å²) >= 11 is 0. The minimum Gasteiger partial charge on any atom is -0.356 e. The molecule has 0 saturated carbocycles. The number of aryl methyl sites for hydroxylation is 1. The summed E-state index contributed by atoms with van der Waals surface area (Å²) in [7, 11) is 0. The molecule has 1 saturated heterocycles. The number of nitrogens with zero attached hydrogens (tertiary/aromatic N) is 1. The van der Waals surface area contributed by atoms with Crippen LogP contribution in [0.15, 0.2) is 36.4 Å². The van der Waals surface area contributed by atoms with Gasteiger partial charge < -0.3 is 9.88 Å². The summed E-state index contributed by atoms with van der Waals surface area (Å²) in [6, 6.07) is 8.83. The zero-order valence-electron chi connectivity index (χ0n) is 12.6. The van der Waals surface area contributed by atoms with Gasteiger partial charge >= 0.3 is 0 Å². The Morgan fingerprint density at radius 1 is 1.14 bits per heavy atom. The van der Waals surface area contributed by atoms with Crippen LogP contribution in [0.2, 0.25) is 0 Å². The second-order valence-corrected chi connectivity index (χ2v) is 6.86. The molecule has 1 aromatic heterocycles. The number of allylic oxidation sites excluding steroid dienone is 2. The van der Waals surface area contributed by atoms with Crippen molar-refractivity contribution < 1.29 is 4.79 Å². The summed E-state index contributed by atoms with van der Waals surface area (Å²) in [6.07, 6.45) is 8.57. The Kier molecular flexibility index (Phi) is 2.55. The summed E-state index contributed by atoms with van der Waals surface area (Å²) in [5, 5.41) is 1.35. The minimum absolute atomic E-state index is 0.201. The standard InChI is InChI=1S/C19H20N2O/c22-19-15-8-2-1-7-14(15)18-17-13(9-5-11-21(18)19)12-6-3-4-10-16(12)20-17/h1-4,6,10,14-15,18,20H,5,7-9,11H2/t14-,15-,18-/m0/s1. The molecule has 0 radical (unpaired) electrons. The largest absolute Gasteiger partial charge is 0.356 e. The summed E-state index contributed by atoms with van der Waals surface area (Å²) in [5.41, 5.74) is 3.98. The van der Waals surface area contributed by atoms with E-state index in [1.807, 2.05) is 0 Å². The Labute approximate surface area is 130 Å². The number of carbonyl (C=O) groups excluding carboxylic acids is 1. The van der Waals surface area contributed by atoms with Crippen LogP contribution in [0.25, 0.3) is 10.9 Å². The van der Waals surface area contributed by atoms with E-state index in [-0.39, 0.29) is 12.0 Å². The normalized spacial score (nSPS) is 30.1. The molecular weight excluding hydrogens is 272 g/mol. The number of H-pyrrole nitrogens is 1. The molecule has 1 amide bonds. The van der Waals surface area contributed by atoms with Crippen LogP contribution < -0.4 is 0 Å². The number of hydrogen-bond donors (Lipinski definition) is 1. The zero-order chi connectivity index (χ0) is 14.7. The van der Waals surface area contributed by atoms with E-state index < -0.39 is 0 Å². The van der Waals surface area contributed by atoms with Gasteiger partial charge in [-0.3, -0.25) is 4.79 Å². The summed E-state index contributed by atoms with van der Waals surface area (Å²) < 4.78 is 0. The Balaban J connectivity index is 1.72. The smallest absolute Gasteiger partial charge is 0.226 e. The highest BCUT2D eigenvalue weighted by Crippen LogP contribution is 2.49. The van der Waals surface area contributed by atoms with Crippen molar-refractivity contribution in [1.29, 1.82) is 0 Å². The predicted octanol–water partition coefficient (Wildman–Crippen LogP) is 3.58. The van der Waals surface area contributed by atoms with Crippen molar-refractivity contribution in [2.75, 3.05) is 6.54 Å². The Hall–Kier alpha value is -2.03. The highest BCUT2D eigenvalue weighted by atomic mass is 16.2. The van der Waals surface area contributed by atoms with Gasteiger partial charge in [0.15, 0.2) is 0 Å². The van der Waals surface area contributed by atoms with E-state index in [0.29, 0.717) is 11.8 Å². The Morgan fingerprint density at radius 2 is 2.00 bits per heavy atom. The van der Waals surface area contributed by atoms with Crippen molar-refractivity contribution in [1.82, 2.24) is 9.88 Å². The van der Waals surface area contributed by atoms with E-state index in [9.17, 15) is 4.79 Å². The number of para-hydroxylation sites is 1. The fourth-order valence-electron chi connectivity index (χ4n) is 4.84. The third kappa shape index (κ3) is 1.54. The molecule has 3 aliphatic rings. The quantitative estimate of drug-likeness (QED) is 0.740. The molecule has 1 N–H and O–H groups in total. The number of hydrogen-bond acceptors (Lipinski definition) is 1. The molecule has 22 heavy (non-hydrogen) atoms. The monoisotopic (exact) mass is 292 g/mol. The second kappa shape index (κ2) is 4.48. The molecule has 0 unspecified atom stereocenters. The van der Waals surface area contributed by atoms with Gasteiger partial charge in [0.25, 0.3) is 0 Å². The number of aromatic amines is 1. The van der Waals surface area contributed by atoms with Gasteiger partial charge in [0.05, 0.1) is 6.04 Å². The highest BCUT2D eigenvalue weighted by Gasteiger charge is 2.49. The topological polar surface area (TPSA) is 36.1 Å². The molecular formula is C19H20N2O. The summed E-state index contributed by atoms with van der Waals surface area (Å²) in [6.45, 7) is 0.910. The minimum atomic E-state index is 0.201. The van der Waals surface area contributed by atoms with Crippen LogP contribution in [0.4, 0.5) is 0 Å². The van der Waals surface area contributed by atoms with E-state index in [1.54, 1.807) is 0 Å². The fraction of sp³-hybridized carbons (Fsp3) is 0.421. The number of benzene rings is 1. The van der Waals surface area contributed by atoms with Gasteiger partial charge in [-0.25, -0.2) is 0 Å². The van der Waals surface area contributed by atoms with Crippen LogP contribution in [0, 0.1) is 11.8 Å². The second-order valence-electron chi connectivity index (χ2n) is 6.86. The highest BCUT2D eigenvalue weighted by molar-refractivity contribution is 5.87. The van der Waals surface area contributed by atoms with Gasteiger partial charge in [0.2, 0.25) is 5.91 Å². The Bertz CT molecular complexity index is 788. The SMILES string of the molecule is O=C1[C@H]2CC=CC[C@@H]2[C@H]2c3[nH]c4ccccc4c3CCCN12. The van der Waals surface area contributed by atoms with Gasteiger partial charge in [0, 0.05) is 35.0 Å². The van der Waals surface area contributed by atoms with Crippen molar-refractivity contribution in [3.8, 4) is 0 Å². The number of carbonyl (C=O) groups is 1. The van der Waals surface area contributed by atoms with Crippen LogP contribution in [0.3, 0.4) is 0 Å². The number of rotatable bonds is 0. The van der Waals surface area contributed by atoms with Gasteiger partial charge in [-0.1, -0.05) is 30.4 Å². The van der Waals surface area contributed by atoms with E-state index >= 15 is 0 Å². The van der Waals surface area contributed by atoms with Crippen LogP contribution in [0.5, 0.6) is 0 Å². The average Bonchev–Trinajstić information content (AvgIpc) is 2.97. The first-order chi connectivity index (χ1) is 10.8. The molecule has 2 aliphatic heterocycles. The molecule has 3 heterocycles. The Morgan fingerprint density at radius 3 is 2.95 bits per heavy atom. The predicted molar refractivity (Wildman–Crippen MR) is 86.4 cm³/mol. The third-order valence-electron chi connectivity index (χ3n) is 5.79.